The first-order valence-electron chi connectivity index (χ1n) is 4.84. The molecule has 4 N–H and O–H groups in total. The lowest BCUT2D eigenvalue weighted by Gasteiger charge is -2.11. The highest BCUT2D eigenvalue weighted by atomic mass is 35.5. The third-order valence-corrected chi connectivity index (χ3v) is 2.88. The van der Waals surface area contributed by atoms with Crippen LogP contribution in [0.3, 0.4) is 0 Å². The summed E-state index contributed by atoms with van der Waals surface area (Å²) >= 11 is 12.1. The van der Waals surface area contributed by atoms with Crippen molar-refractivity contribution in [3.63, 3.8) is 0 Å². The number of hydrogen-bond donors (Lipinski definition) is 3. The molecule has 0 atom stereocenters. The van der Waals surface area contributed by atoms with E-state index in [-0.39, 0.29) is 18.1 Å². The molecule has 0 bridgehead atoms. The number of hydrogen-bond acceptors (Lipinski definition) is 3. The Morgan fingerprint density at radius 3 is 2.65 bits per heavy atom. The van der Waals surface area contributed by atoms with Gasteiger partial charge in [0.1, 0.15) is 0 Å². The van der Waals surface area contributed by atoms with E-state index in [0.29, 0.717) is 21.3 Å². The van der Waals surface area contributed by atoms with Crippen LogP contribution in [0.1, 0.15) is 5.56 Å². The Morgan fingerprint density at radius 1 is 1.47 bits per heavy atom. The second-order valence-corrected chi connectivity index (χ2v) is 4.17. The van der Waals surface area contributed by atoms with E-state index in [1.165, 1.54) is 0 Å². The van der Waals surface area contributed by atoms with E-state index >= 15 is 0 Å². The summed E-state index contributed by atoms with van der Waals surface area (Å²) in [6.07, 6.45) is 0.0450. The molecule has 1 amide bonds. The number of carbonyl (C=O) groups excluding carboxylic acids is 1. The van der Waals surface area contributed by atoms with E-state index in [1.54, 1.807) is 19.2 Å². The molecule has 92 valence electrons. The first kappa shape index (κ1) is 13.7. The zero-order valence-electron chi connectivity index (χ0n) is 9.31. The van der Waals surface area contributed by atoms with Crippen LogP contribution in [0.5, 0.6) is 0 Å². The maximum Gasteiger partial charge on any atom is 0.229 e. The number of anilines is 1. The van der Waals surface area contributed by atoms with Crippen molar-refractivity contribution in [2.45, 2.75) is 6.42 Å². The van der Waals surface area contributed by atoms with Crippen LogP contribution in [0, 0.1) is 0 Å². The van der Waals surface area contributed by atoms with E-state index in [4.69, 9.17) is 28.9 Å². The first-order valence-corrected chi connectivity index (χ1v) is 5.60. The van der Waals surface area contributed by atoms with Crippen LogP contribution in [0.4, 0.5) is 5.69 Å². The summed E-state index contributed by atoms with van der Waals surface area (Å²) in [5, 5.41) is 6.17. The van der Waals surface area contributed by atoms with Gasteiger partial charge in [0, 0.05) is 17.6 Å². The summed E-state index contributed by atoms with van der Waals surface area (Å²) in [7, 11) is 1.74. The van der Waals surface area contributed by atoms with Gasteiger partial charge in [-0.15, -0.1) is 0 Å². The van der Waals surface area contributed by atoms with Gasteiger partial charge >= 0.3 is 0 Å². The van der Waals surface area contributed by atoms with E-state index in [2.05, 4.69) is 17.2 Å². The highest BCUT2D eigenvalue weighted by Crippen LogP contribution is 2.31. The SMILES string of the molecule is C=C(N)NC(=O)Cc1c(Cl)ccc(NC)c1Cl. The lowest BCUT2D eigenvalue weighted by molar-refractivity contribution is -0.119. The summed E-state index contributed by atoms with van der Waals surface area (Å²) in [4.78, 5) is 11.5. The molecule has 0 radical (unpaired) electrons. The normalized spacial score (nSPS) is 9.82. The average molecular weight is 274 g/mol. The molecule has 0 heterocycles. The Hall–Kier alpha value is -1.39. The van der Waals surface area contributed by atoms with Crippen LogP contribution < -0.4 is 16.4 Å². The number of halogens is 2. The van der Waals surface area contributed by atoms with E-state index in [1.807, 2.05) is 0 Å². The monoisotopic (exact) mass is 273 g/mol. The Labute approximate surface area is 110 Å². The molecule has 0 aliphatic carbocycles. The molecule has 0 unspecified atom stereocenters. The molecular formula is C11H13Cl2N3O. The van der Waals surface area contributed by atoms with Crippen molar-refractivity contribution in [2.24, 2.45) is 5.73 Å². The highest BCUT2D eigenvalue weighted by molar-refractivity contribution is 6.38. The molecule has 0 aliphatic heterocycles. The second-order valence-electron chi connectivity index (χ2n) is 3.39. The summed E-state index contributed by atoms with van der Waals surface area (Å²) in [6.45, 7) is 3.38. The number of rotatable bonds is 4. The molecule has 0 saturated heterocycles. The fourth-order valence-corrected chi connectivity index (χ4v) is 1.94. The lowest BCUT2D eigenvalue weighted by atomic mass is 10.1. The molecule has 6 heteroatoms. The predicted octanol–water partition coefficient (Wildman–Crippen LogP) is 2.12. The van der Waals surface area contributed by atoms with Gasteiger partial charge in [0.15, 0.2) is 0 Å². The summed E-state index contributed by atoms with van der Waals surface area (Å²) < 4.78 is 0. The number of carbonyl (C=O) groups is 1. The van der Waals surface area contributed by atoms with Crippen molar-refractivity contribution < 1.29 is 4.79 Å². The van der Waals surface area contributed by atoms with Crippen molar-refractivity contribution in [1.29, 1.82) is 0 Å². The van der Waals surface area contributed by atoms with Gasteiger partial charge in [0.25, 0.3) is 0 Å². The molecule has 0 aliphatic rings. The summed E-state index contributed by atoms with van der Waals surface area (Å²) in [6, 6.07) is 3.42. The van der Waals surface area contributed by atoms with Gasteiger partial charge in [-0.3, -0.25) is 4.79 Å². The van der Waals surface area contributed by atoms with Gasteiger partial charge in [-0.25, -0.2) is 0 Å². The van der Waals surface area contributed by atoms with E-state index in [9.17, 15) is 4.79 Å². The maximum absolute atomic E-state index is 11.5. The Kier molecular flexibility index (Phi) is 4.66. The van der Waals surface area contributed by atoms with Gasteiger partial charge in [-0.05, 0) is 12.1 Å². The predicted molar refractivity (Wildman–Crippen MR) is 71.2 cm³/mol. The van der Waals surface area contributed by atoms with Crippen LogP contribution in [0.15, 0.2) is 24.5 Å². The fraction of sp³-hybridized carbons (Fsp3) is 0.182. The molecular weight excluding hydrogens is 261 g/mol. The quantitative estimate of drug-likeness (QED) is 0.787. The largest absolute Gasteiger partial charge is 0.387 e. The minimum atomic E-state index is -0.311. The average Bonchev–Trinajstić information content (AvgIpc) is 2.23. The molecule has 0 spiro atoms. The fourth-order valence-electron chi connectivity index (χ4n) is 1.34. The van der Waals surface area contributed by atoms with Gasteiger partial charge in [-0.2, -0.15) is 0 Å². The Morgan fingerprint density at radius 2 is 2.12 bits per heavy atom. The van der Waals surface area contributed by atoms with E-state index in [0.717, 1.165) is 0 Å². The van der Waals surface area contributed by atoms with Crippen LogP contribution in [-0.4, -0.2) is 13.0 Å². The molecule has 1 aromatic carbocycles. The summed E-state index contributed by atoms with van der Waals surface area (Å²) in [5.41, 5.74) is 6.54. The van der Waals surface area contributed by atoms with Crippen LogP contribution in [0.25, 0.3) is 0 Å². The number of nitrogens with two attached hydrogens (primary N) is 1. The van der Waals surface area contributed by atoms with Gasteiger partial charge in [0.2, 0.25) is 5.91 Å². The smallest absolute Gasteiger partial charge is 0.229 e. The van der Waals surface area contributed by atoms with Crippen LogP contribution in [-0.2, 0) is 11.2 Å². The minimum absolute atomic E-state index is 0.0450. The van der Waals surface area contributed by atoms with Crippen molar-refractivity contribution in [1.82, 2.24) is 5.32 Å². The molecule has 1 aromatic rings. The third-order valence-electron chi connectivity index (χ3n) is 2.09. The van der Waals surface area contributed by atoms with Crippen molar-refractivity contribution in [3.05, 3.63) is 40.1 Å². The number of benzene rings is 1. The van der Waals surface area contributed by atoms with Crippen molar-refractivity contribution >= 4 is 34.8 Å². The zero-order chi connectivity index (χ0) is 13.0. The maximum atomic E-state index is 11.5. The second kappa shape index (κ2) is 5.80. The van der Waals surface area contributed by atoms with Gasteiger partial charge in [-0.1, -0.05) is 29.8 Å². The molecule has 0 aromatic heterocycles. The van der Waals surface area contributed by atoms with Gasteiger partial charge in [0.05, 0.1) is 23.0 Å². The van der Waals surface area contributed by atoms with Gasteiger partial charge < -0.3 is 16.4 Å². The molecule has 17 heavy (non-hydrogen) atoms. The van der Waals surface area contributed by atoms with Crippen molar-refractivity contribution in [3.8, 4) is 0 Å². The number of nitrogens with one attached hydrogen (secondary N) is 2. The topological polar surface area (TPSA) is 67.1 Å². The van der Waals surface area contributed by atoms with Crippen LogP contribution >= 0.6 is 23.2 Å². The minimum Gasteiger partial charge on any atom is -0.387 e. The van der Waals surface area contributed by atoms with Crippen LogP contribution in [0.2, 0.25) is 10.0 Å². The zero-order valence-corrected chi connectivity index (χ0v) is 10.8. The standard InChI is InChI=1S/C11H13Cl2N3O/c1-6(14)16-10(17)5-7-8(12)3-4-9(15-2)11(7)13/h3-4,15H,1,5,14H2,2H3,(H,16,17). The highest BCUT2D eigenvalue weighted by Gasteiger charge is 2.13. The van der Waals surface area contributed by atoms with Crippen molar-refractivity contribution in [2.75, 3.05) is 12.4 Å². The van der Waals surface area contributed by atoms with E-state index < -0.39 is 0 Å². The number of amides is 1. The third kappa shape index (κ3) is 3.54. The molecule has 0 saturated carbocycles. The molecule has 0 fully saturated rings. The first-order chi connectivity index (χ1) is 7.95. The molecule has 4 nitrogen and oxygen atoms in total. The lowest BCUT2D eigenvalue weighted by Crippen LogP contribution is -2.28. The summed E-state index contributed by atoms with van der Waals surface area (Å²) in [5.74, 6) is -0.221. The Balaban J connectivity index is 2.97. The molecule has 1 rings (SSSR count). The Bertz CT molecular complexity index is 460.